The number of anilines is 2. The highest BCUT2D eigenvalue weighted by Gasteiger charge is 2.15. The van der Waals surface area contributed by atoms with Crippen molar-refractivity contribution in [2.24, 2.45) is 0 Å². The number of hydrogen-bond acceptors (Lipinski definition) is 3. The second-order valence-electron chi connectivity index (χ2n) is 4.23. The maximum Gasteiger partial charge on any atom is 0.229 e. The lowest BCUT2D eigenvalue weighted by Crippen LogP contribution is -2.18. The minimum absolute atomic E-state index is 0.0110. The molecule has 1 heterocycles. The summed E-state index contributed by atoms with van der Waals surface area (Å²) in [5, 5.41) is 0. The van der Waals surface area contributed by atoms with Gasteiger partial charge in [0.15, 0.2) is 0 Å². The third-order valence-corrected chi connectivity index (χ3v) is 3.31. The Kier molecular flexibility index (Phi) is 3.24. The molecule has 94 valence electrons. The van der Waals surface area contributed by atoms with Crippen LogP contribution in [0.15, 0.2) is 18.2 Å². The van der Waals surface area contributed by atoms with Gasteiger partial charge in [0.1, 0.15) is 5.82 Å². The molecule has 0 bridgehead atoms. The van der Waals surface area contributed by atoms with E-state index in [-0.39, 0.29) is 5.69 Å². The van der Waals surface area contributed by atoms with Crippen molar-refractivity contribution >= 4 is 21.4 Å². The third-order valence-electron chi connectivity index (χ3n) is 2.72. The van der Waals surface area contributed by atoms with E-state index in [0.717, 1.165) is 37.9 Å². The Morgan fingerprint density at radius 3 is 2.53 bits per heavy atom. The quantitative estimate of drug-likeness (QED) is 0.899. The molecule has 0 spiro atoms. The largest absolute Gasteiger partial charge is 0.371 e. The van der Waals surface area contributed by atoms with Gasteiger partial charge in [0, 0.05) is 18.8 Å². The van der Waals surface area contributed by atoms with Crippen LogP contribution >= 0.6 is 0 Å². The highest BCUT2D eigenvalue weighted by Crippen LogP contribution is 2.26. The van der Waals surface area contributed by atoms with E-state index in [0.29, 0.717) is 0 Å². The highest BCUT2D eigenvalue weighted by molar-refractivity contribution is 7.92. The lowest BCUT2D eigenvalue weighted by molar-refractivity contribution is 0.603. The molecular weight excluding hydrogens is 243 g/mol. The molecule has 0 aromatic heterocycles. The molecule has 0 saturated carbocycles. The lowest BCUT2D eigenvalue weighted by Gasteiger charge is -2.18. The van der Waals surface area contributed by atoms with Crippen LogP contribution in [-0.2, 0) is 10.0 Å². The van der Waals surface area contributed by atoms with Gasteiger partial charge in [0.25, 0.3) is 0 Å². The van der Waals surface area contributed by atoms with Crippen LogP contribution in [0.4, 0.5) is 15.8 Å². The van der Waals surface area contributed by atoms with E-state index in [2.05, 4.69) is 9.62 Å². The van der Waals surface area contributed by atoms with Crippen LogP contribution < -0.4 is 9.62 Å². The van der Waals surface area contributed by atoms with Crippen LogP contribution in [0.5, 0.6) is 0 Å². The van der Waals surface area contributed by atoms with Crippen LogP contribution in [0.3, 0.4) is 0 Å². The van der Waals surface area contributed by atoms with Gasteiger partial charge in [-0.15, -0.1) is 0 Å². The van der Waals surface area contributed by atoms with Crippen molar-refractivity contribution in [3.8, 4) is 0 Å². The summed E-state index contributed by atoms with van der Waals surface area (Å²) < 4.78 is 37.8. The Labute approximate surface area is 100 Å². The van der Waals surface area contributed by atoms with E-state index < -0.39 is 15.8 Å². The van der Waals surface area contributed by atoms with Crippen LogP contribution in [0.25, 0.3) is 0 Å². The van der Waals surface area contributed by atoms with Crippen molar-refractivity contribution in [1.82, 2.24) is 0 Å². The SMILES string of the molecule is CS(=O)(=O)Nc1cc(N2CCCC2)ccc1F. The summed E-state index contributed by atoms with van der Waals surface area (Å²) in [7, 11) is -3.45. The first-order chi connectivity index (χ1) is 7.96. The van der Waals surface area contributed by atoms with Gasteiger partial charge in [-0.2, -0.15) is 0 Å². The molecule has 6 heteroatoms. The molecule has 1 saturated heterocycles. The van der Waals surface area contributed by atoms with Crippen LogP contribution in [0.2, 0.25) is 0 Å². The standard InChI is InChI=1S/C11H15FN2O2S/c1-17(15,16)13-11-8-9(4-5-10(11)12)14-6-2-3-7-14/h4-5,8,13H,2-3,6-7H2,1H3. The molecule has 4 nitrogen and oxygen atoms in total. The number of sulfonamides is 1. The number of nitrogens with one attached hydrogen (secondary N) is 1. The summed E-state index contributed by atoms with van der Waals surface area (Å²) in [4.78, 5) is 2.12. The first-order valence-corrected chi connectivity index (χ1v) is 7.37. The zero-order chi connectivity index (χ0) is 12.5. The van der Waals surface area contributed by atoms with Gasteiger partial charge < -0.3 is 4.90 Å². The number of halogens is 1. The summed E-state index contributed by atoms with van der Waals surface area (Å²) in [5.74, 6) is -0.557. The van der Waals surface area contributed by atoms with Gasteiger partial charge in [-0.1, -0.05) is 0 Å². The smallest absolute Gasteiger partial charge is 0.229 e. The highest BCUT2D eigenvalue weighted by atomic mass is 32.2. The normalized spacial score (nSPS) is 16.2. The maximum absolute atomic E-state index is 13.4. The lowest BCUT2D eigenvalue weighted by atomic mass is 10.2. The zero-order valence-electron chi connectivity index (χ0n) is 9.61. The summed E-state index contributed by atoms with van der Waals surface area (Å²) in [5.41, 5.74) is 0.868. The molecule has 17 heavy (non-hydrogen) atoms. The van der Waals surface area contributed by atoms with Crippen molar-refractivity contribution in [1.29, 1.82) is 0 Å². The predicted molar refractivity (Wildman–Crippen MR) is 66.3 cm³/mol. The second-order valence-corrected chi connectivity index (χ2v) is 5.98. The van der Waals surface area contributed by atoms with Crippen LogP contribution in [0, 0.1) is 5.82 Å². The Morgan fingerprint density at radius 2 is 1.94 bits per heavy atom. The van der Waals surface area contributed by atoms with Crippen molar-refractivity contribution in [3.05, 3.63) is 24.0 Å². The summed E-state index contributed by atoms with van der Waals surface area (Å²) in [6.07, 6.45) is 3.24. The van der Waals surface area contributed by atoms with Gasteiger partial charge in [-0.25, -0.2) is 12.8 Å². The first-order valence-electron chi connectivity index (χ1n) is 5.48. The average molecular weight is 258 g/mol. The first kappa shape index (κ1) is 12.2. The van der Waals surface area contributed by atoms with Gasteiger partial charge in [0.2, 0.25) is 10.0 Å². The van der Waals surface area contributed by atoms with Crippen molar-refractivity contribution in [3.63, 3.8) is 0 Å². The summed E-state index contributed by atoms with van der Waals surface area (Å²) in [6, 6.07) is 4.51. The summed E-state index contributed by atoms with van der Waals surface area (Å²) in [6.45, 7) is 1.87. The van der Waals surface area contributed by atoms with Gasteiger partial charge in [-0.05, 0) is 31.0 Å². The van der Waals surface area contributed by atoms with Crippen molar-refractivity contribution < 1.29 is 12.8 Å². The van der Waals surface area contributed by atoms with Gasteiger partial charge >= 0.3 is 0 Å². The second kappa shape index (κ2) is 4.52. The molecule has 0 aliphatic carbocycles. The minimum Gasteiger partial charge on any atom is -0.371 e. The molecule has 0 unspecified atom stereocenters. The molecule has 1 aromatic carbocycles. The Morgan fingerprint density at radius 1 is 1.29 bits per heavy atom. The predicted octanol–water partition coefficient (Wildman–Crippen LogP) is 1.80. The zero-order valence-corrected chi connectivity index (χ0v) is 10.4. The van der Waals surface area contributed by atoms with E-state index in [4.69, 9.17) is 0 Å². The topological polar surface area (TPSA) is 49.4 Å². The van der Waals surface area contributed by atoms with E-state index in [1.54, 1.807) is 12.1 Å². The molecule has 1 N–H and O–H groups in total. The van der Waals surface area contributed by atoms with Crippen LogP contribution in [-0.4, -0.2) is 27.8 Å². The summed E-state index contributed by atoms with van der Waals surface area (Å²) >= 11 is 0. The minimum atomic E-state index is -3.45. The van der Waals surface area contributed by atoms with E-state index >= 15 is 0 Å². The van der Waals surface area contributed by atoms with Crippen LogP contribution in [0.1, 0.15) is 12.8 Å². The molecule has 0 amide bonds. The van der Waals surface area contributed by atoms with E-state index in [9.17, 15) is 12.8 Å². The fourth-order valence-corrected chi connectivity index (χ4v) is 2.52. The molecule has 0 radical (unpaired) electrons. The van der Waals surface area contributed by atoms with Crippen molar-refractivity contribution in [2.45, 2.75) is 12.8 Å². The Balaban J connectivity index is 2.28. The fourth-order valence-electron chi connectivity index (χ4n) is 1.96. The number of hydrogen-bond donors (Lipinski definition) is 1. The molecule has 1 fully saturated rings. The average Bonchev–Trinajstić information content (AvgIpc) is 2.72. The fraction of sp³-hybridized carbons (Fsp3) is 0.455. The van der Waals surface area contributed by atoms with Gasteiger partial charge in [-0.3, -0.25) is 4.72 Å². The number of nitrogens with zero attached hydrogens (tertiary/aromatic N) is 1. The molecular formula is C11H15FN2O2S. The van der Waals surface area contributed by atoms with Crippen molar-refractivity contribution in [2.75, 3.05) is 29.0 Å². The monoisotopic (exact) mass is 258 g/mol. The molecule has 1 aliphatic heterocycles. The third kappa shape index (κ3) is 3.09. The van der Waals surface area contributed by atoms with Gasteiger partial charge in [0.05, 0.1) is 11.9 Å². The number of benzene rings is 1. The maximum atomic E-state index is 13.4. The Bertz CT molecular complexity index is 510. The van der Waals surface area contributed by atoms with E-state index in [1.165, 1.54) is 6.07 Å². The Hall–Kier alpha value is -1.30. The molecule has 2 rings (SSSR count). The molecule has 1 aliphatic rings. The number of rotatable bonds is 3. The molecule has 1 aromatic rings. The van der Waals surface area contributed by atoms with E-state index in [1.807, 2.05) is 0 Å². The molecule has 0 atom stereocenters.